The molecule has 10 heteroatoms. The number of aliphatic hydroxyl groups excluding tert-OH is 1. The number of aliphatic hydroxyl groups is 1. The fourth-order valence-corrected chi connectivity index (χ4v) is 5.16. The van der Waals surface area contributed by atoms with Gasteiger partial charge in [0.05, 0.1) is 29.1 Å². The van der Waals surface area contributed by atoms with Gasteiger partial charge in [-0.15, -0.1) is 0 Å². The van der Waals surface area contributed by atoms with E-state index in [-0.39, 0.29) is 29.9 Å². The summed E-state index contributed by atoms with van der Waals surface area (Å²) in [7, 11) is -2.63. The monoisotopic (exact) mass is 474 g/mol. The zero-order valence-corrected chi connectivity index (χ0v) is 19.8. The number of aromatic amines is 1. The molecule has 0 fully saturated rings. The number of carbonyl (C=O) groups excluding carboxylic acids is 1. The first kappa shape index (κ1) is 24.7. The van der Waals surface area contributed by atoms with Gasteiger partial charge in [0, 0.05) is 13.1 Å². The highest BCUT2D eigenvalue weighted by Crippen LogP contribution is 2.23. The van der Waals surface area contributed by atoms with E-state index in [1.54, 1.807) is 6.07 Å². The van der Waals surface area contributed by atoms with E-state index in [2.05, 4.69) is 20.0 Å². The Morgan fingerprint density at radius 3 is 2.58 bits per heavy atom. The maximum atomic E-state index is 13.4. The van der Waals surface area contributed by atoms with Crippen LogP contribution in [-0.4, -0.2) is 60.2 Å². The molecule has 0 aliphatic heterocycles. The van der Waals surface area contributed by atoms with E-state index < -0.39 is 22.2 Å². The Kier molecular flexibility index (Phi) is 8.06. The summed E-state index contributed by atoms with van der Waals surface area (Å²) in [5, 5.41) is 13.0. The first-order chi connectivity index (χ1) is 15.7. The number of fused-ring (bicyclic) bond motifs is 1. The van der Waals surface area contributed by atoms with Gasteiger partial charge in [0.25, 0.3) is 0 Å². The number of hydrogen-bond donors (Lipinski definition) is 3. The molecule has 0 bridgehead atoms. The van der Waals surface area contributed by atoms with Gasteiger partial charge in [-0.1, -0.05) is 44.2 Å². The second-order valence-corrected chi connectivity index (χ2v) is 10.2. The Hall–Kier alpha value is -2.95. The Labute approximate surface area is 193 Å². The molecule has 0 aliphatic carbocycles. The molecule has 1 heterocycles. The normalized spacial score (nSPS) is 12.9. The lowest BCUT2D eigenvalue weighted by Gasteiger charge is -2.26. The molecule has 0 saturated heterocycles. The van der Waals surface area contributed by atoms with Gasteiger partial charge in [-0.25, -0.2) is 18.2 Å². The molecular weight excluding hydrogens is 444 g/mol. The molecule has 178 valence electrons. The van der Waals surface area contributed by atoms with Crippen molar-refractivity contribution in [2.24, 2.45) is 5.92 Å². The number of ether oxygens (including phenoxy) is 1. The van der Waals surface area contributed by atoms with E-state index >= 15 is 0 Å². The van der Waals surface area contributed by atoms with E-state index in [1.165, 1.54) is 23.5 Å². The third-order valence-electron chi connectivity index (χ3n) is 5.09. The molecule has 2 aromatic carbocycles. The number of aromatic nitrogens is 2. The minimum absolute atomic E-state index is 0.00348. The van der Waals surface area contributed by atoms with Gasteiger partial charge < -0.3 is 14.8 Å². The van der Waals surface area contributed by atoms with Crippen LogP contribution in [0.25, 0.3) is 11.0 Å². The summed E-state index contributed by atoms with van der Waals surface area (Å²) in [4.78, 5) is 18.6. The molecule has 3 rings (SSSR count). The minimum Gasteiger partial charge on any atom is -0.453 e. The predicted octanol–water partition coefficient (Wildman–Crippen LogP) is 3.38. The van der Waals surface area contributed by atoms with E-state index in [9.17, 15) is 18.3 Å². The van der Waals surface area contributed by atoms with Gasteiger partial charge in [-0.2, -0.15) is 4.31 Å². The fraction of sp³-hybridized carbons (Fsp3) is 0.391. The Bertz CT molecular complexity index is 1180. The number of amides is 1. The number of methoxy groups -OCH3 is 1. The van der Waals surface area contributed by atoms with Crippen molar-refractivity contribution in [2.75, 3.05) is 25.5 Å². The molecule has 0 radical (unpaired) electrons. The summed E-state index contributed by atoms with van der Waals surface area (Å²) >= 11 is 0. The van der Waals surface area contributed by atoms with Crippen LogP contribution in [0.1, 0.15) is 25.8 Å². The molecule has 0 spiro atoms. The van der Waals surface area contributed by atoms with E-state index in [0.29, 0.717) is 23.9 Å². The lowest BCUT2D eigenvalue weighted by Crippen LogP contribution is -2.40. The Morgan fingerprint density at radius 1 is 1.18 bits per heavy atom. The van der Waals surface area contributed by atoms with Crippen LogP contribution in [-0.2, 0) is 21.2 Å². The number of imidazole rings is 1. The third-order valence-corrected chi connectivity index (χ3v) is 6.92. The van der Waals surface area contributed by atoms with Crippen molar-refractivity contribution < 1.29 is 23.1 Å². The summed E-state index contributed by atoms with van der Waals surface area (Å²) in [6.45, 7) is 4.15. The summed E-state index contributed by atoms with van der Waals surface area (Å²) in [6, 6.07) is 14.3. The first-order valence-electron chi connectivity index (χ1n) is 10.8. The highest BCUT2D eigenvalue weighted by molar-refractivity contribution is 7.89. The van der Waals surface area contributed by atoms with Crippen molar-refractivity contribution in [3.8, 4) is 0 Å². The van der Waals surface area contributed by atoms with Crippen LogP contribution in [0.15, 0.2) is 53.4 Å². The van der Waals surface area contributed by atoms with Crippen molar-refractivity contribution in [2.45, 2.75) is 37.7 Å². The van der Waals surface area contributed by atoms with Crippen molar-refractivity contribution in [1.82, 2.24) is 14.3 Å². The highest BCUT2D eigenvalue weighted by Gasteiger charge is 2.28. The van der Waals surface area contributed by atoms with E-state index in [4.69, 9.17) is 0 Å². The number of benzene rings is 2. The number of nitrogens with one attached hydrogen (secondary N) is 2. The molecule has 1 aromatic heterocycles. The number of aryl methyl sites for hydroxylation is 1. The smallest absolute Gasteiger partial charge is 0.413 e. The number of rotatable bonds is 10. The van der Waals surface area contributed by atoms with E-state index in [1.807, 2.05) is 44.2 Å². The molecule has 0 saturated carbocycles. The first-order valence-corrected chi connectivity index (χ1v) is 12.2. The summed E-state index contributed by atoms with van der Waals surface area (Å²) in [6.07, 6.45) is -0.371. The summed E-state index contributed by atoms with van der Waals surface area (Å²) in [5.74, 6) is 0.231. The second-order valence-electron chi connectivity index (χ2n) is 8.27. The second kappa shape index (κ2) is 10.8. The van der Waals surface area contributed by atoms with Crippen molar-refractivity contribution in [3.63, 3.8) is 0 Å². The van der Waals surface area contributed by atoms with Gasteiger partial charge in [0.1, 0.15) is 0 Å². The molecule has 1 atom stereocenters. The number of anilines is 1. The quantitative estimate of drug-likeness (QED) is 0.414. The van der Waals surface area contributed by atoms with Crippen molar-refractivity contribution in [1.29, 1.82) is 0 Å². The zero-order valence-electron chi connectivity index (χ0n) is 19.0. The van der Waals surface area contributed by atoms with Gasteiger partial charge in [-0.05, 0) is 42.5 Å². The molecule has 0 unspecified atom stereocenters. The molecule has 33 heavy (non-hydrogen) atoms. The third kappa shape index (κ3) is 6.53. The van der Waals surface area contributed by atoms with Gasteiger partial charge in [-0.3, -0.25) is 5.32 Å². The highest BCUT2D eigenvalue weighted by atomic mass is 32.2. The number of carbonyl (C=O) groups is 1. The van der Waals surface area contributed by atoms with Crippen LogP contribution in [0.3, 0.4) is 0 Å². The molecule has 3 N–H and O–H groups in total. The van der Waals surface area contributed by atoms with Crippen LogP contribution < -0.4 is 5.32 Å². The largest absolute Gasteiger partial charge is 0.453 e. The Morgan fingerprint density at radius 2 is 1.91 bits per heavy atom. The van der Waals surface area contributed by atoms with Gasteiger partial charge in [0.15, 0.2) is 0 Å². The summed E-state index contributed by atoms with van der Waals surface area (Å²) in [5.41, 5.74) is 2.05. The molecule has 1 amide bonds. The topological polar surface area (TPSA) is 125 Å². The maximum absolute atomic E-state index is 13.4. The number of nitrogens with zero attached hydrogens (tertiary/aromatic N) is 2. The molecule has 0 aliphatic rings. The average Bonchev–Trinajstić information content (AvgIpc) is 3.19. The van der Waals surface area contributed by atoms with Crippen LogP contribution in [0.2, 0.25) is 0 Å². The van der Waals surface area contributed by atoms with Crippen LogP contribution >= 0.6 is 0 Å². The molecule has 9 nitrogen and oxygen atoms in total. The number of sulfonamides is 1. The standard InChI is InChI=1S/C23H30N4O5S/c1-16(2)14-27(15-18(28)10-9-17-7-5-4-6-8-17)33(30,31)19-11-12-20-21(13-19)25-22(24-20)26-23(29)32-3/h4-8,11-13,16,18,28H,9-10,14-15H2,1-3H3,(H2,24,25,26,29)/t18-/m1/s1. The van der Waals surface area contributed by atoms with Crippen molar-refractivity contribution in [3.05, 3.63) is 54.1 Å². The molecule has 3 aromatic rings. The molecular formula is C23H30N4O5S. The summed E-state index contributed by atoms with van der Waals surface area (Å²) < 4.78 is 32.8. The SMILES string of the molecule is COC(=O)Nc1nc2ccc(S(=O)(=O)N(CC(C)C)C[C@H](O)CCc3ccccc3)cc2[nH]1. The number of hydrogen-bond acceptors (Lipinski definition) is 6. The van der Waals surface area contributed by atoms with Gasteiger partial charge in [0.2, 0.25) is 16.0 Å². The lowest BCUT2D eigenvalue weighted by atomic mass is 10.1. The Balaban J connectivity index is 1.79. The van der Waals surface area contributed by atoms with Crippen LogP contribution in [0.5, 0.6) is 0 Å². The predicted molar refractivity (Wildman–Crippen MR) is 126 cm³/mol. The van der Waals surface area contributed by atoms with Crippen molar-refractivity contribution >= 4 is 33.1 Å². The lowest BCUT2D eigenvalue weighted by molar-refractivity contribution is 0.133. The average molecular weight is 475 g/mol. The fourth-order valence-electron chi connectivity index (χ4n) is 3.49. The minimum atomic E-state index is -3.87. The van der Waals surface area contributed by atoms with Crippen LogP contribution in [0, 0.1) is 5.92 Å². The number of H-pyrrole nitrogens is 1. The van der Waals surface area contributed by atoms with Gasteiger partial charge >= 0.3 is 6.09 Å². The zero-order chi connectivity index (χ0) is 24.0. The van der Waals surface area contributed by atoms with Crippen LogP contribution in [0.4, 0.5) is 10.7 Å². The maximum Gasteiger partial charge on any atom is 0.413 e. The van der Waals surface area contributed by atoms with E-state index in [0.717, 1.165) is 5.56 Å².